The van der Waals surface area contributed by atoms with E-state index in [-0.39, 0.29) is 17.4 Å². The first-order chi connectivity index (χ1) is 7.54. The van der Waals surface area contributed by atoms with Crippen molar-refractivity contribution in [2.24, 2.45) is 5.92 Å². The van der Waals surface area contributed by atoms with Crippen LogP contribution in [0.25, 0.3) is 0 Å². The fourth-order valence-electron chi connectivity index (χ4n) is 2.28. The van der Waals surface area contributed by atoms with Crippen molar-refractivity contribution in [2.45, 2.75) is 32.3 Å². The summed E-state index contributed by atoms with van der Waals surface area (Å²) in [5.41, 5.74) is -0.0808. The number of nitrogens with one attached hydrogen (secondary N) is 1. The molecule has 0 aromatic carbocycles. The summed E-state index contributed by atoms with van der Waals surface area (Å²) < 4.78 is 5.61. The largest absolute Gasteiger partial charge is 0.377 e. The predicted octanol–water partition coefficient (Wildman–Crippen LogP) is 0.869. The highest BCUT2D eigenvalue weighted by Crippen LogP contribution is 2.25. The van der Waals surface area contributed by atoms with Crippen LogP contribution < -0.4 is 5.32 Å². The molecule has 1 aliphatic heterocycles. The third-order valence-electron chi connectivity index (χ3n) is 3.41. The number of amides is 1. The number of likely N-dealkylation sites (tertiary alicyclic amines) is 1. The first-order valence-corrected chi connectivity index (χ1v) is 6.03. The number of piperidine rings is 1. The SMILES string of the molecule is CNCC1(OC)CCN(C(=O)C(C)C)CC1. The Kier molecular flexibility index (Phi) is 4.74. The molecule has 0 unspecified atom stereocenters. The van der Waals surface area contributed by atoms with Crippen molar-refractivity contribution in [3.63, 3.8) is 0 Å². The standard InChI is InChI=1S/C12H24N2O2/c1-10(2)11(15)14-7-5-12(16-4,6-8-14)9-13-3/h10,13H,5-9H2,1-4H3. The van der Waals surface area contributed by atoms with E-state index in [1.54, 1.807) is 7.11 Å². The minimum atomic E-state index is -0.0808. The Bertz CT molecular complexity index is 233. The van der Waals surface area contributed by atoms with Crippen molar-refractivity contribution in [1.82, 2.24) is 10.2 Å². The molecule has 94 valence electrons. The van der Waals surface area contributed by atoms with E-state index >= 15 is 0 Å². The molecule has 4 heteroatoms. The highest BCUT2D eigenvalue weighted by molar-refractivity contribution is 5.78. The quantitative estimate of drug-likeness (QED) is 0.776. The van der Waals surface area contributed by atoms with Gasteiger partial charge in [0.25, 0.3) is 0 Å². The van der Waals surface area contributed by atoms with Crippen LogP contribution in [-0.4, -0.2) is 50.2 Å². The average molecular weight is 228 g/mol. The van der Waals surface area contributed by atoms with Crippen molar-refractivity contribution < 1.29 is 9.53 Å². The molecule has 1 aliphatic rings. The lowest BCUT2D eigenvalue weighted by Gasteiger charge is -2.41. The molecule has 1 saturated heterocycles. The van der Waals surface area contributed by atoms with Crippen molar-refractivity contribution in [1.29, 1.82) is 0 Å². The number of carbonyl (C=O) groups is 1. The van der Waals surface area contributed by atoms with E-state index < -0.39 is 0 Å². The first kappa shape index (κ1) is 13.5. The van der Waals surface area contributed by atoms with E-state index in [1.807, 2.05) is 25.8 Å². The predicted molar refractivity (Wildman–Crippen MR) is 64.3 cm³/mol. The van der Waals surface area contributed by atoms with Gasteiger partial charge in [-0.15, -0.1) is 0 Å². The Hall–Kier alpha value is -0.610. The number of methoxy groups -OCH3 is 1. The van der Waals surface area contributed by atoms with Crippen molar-refractivity contribution in [3.8, 4) is 0 Å². The molecule has 0 aromatic rings. The van der Waals surface area contributed by atoms with Gasteiger partial charge in [0, 0.05) is 32.7 Å². The van der Waals surface area contributed by atoms with E-state index in [9.17, 15) is 4.79 Å². The molecular formula is C12H24N2O2. The van der Waals surface area contributed by atoms with Crippen LogP contribution >= 0.6 is 0 Å². The fourth-order valence-corrected chi connectivity index (χ4v) is 2.28. The molecule has 4 nitrogen and oxygen atoms in total. The molecule has 0 aromatic heterocycles. The van der Waals surface area contributed by atoms with Gasteiger partial charge in [-0.25, -0.2) is 0 Å². The maximum atomic E-state index is 11.8. The van der Waals surface area contributed by atoms with Crippen LogP contribution in [0.5, 0.6) is 0 Å². The number of ether oxygens (including phenoxy) is 1. The smallest absolute Gasteiger partial charge is 0.225 e. The molecule has 1 heterocycles. The van der Waals surface area contributed by atoms with Gasteiger partial charge in [-0.05, 0) is 19.9 Å². The average Bonchev–Trinajstić information content (AvgIpc) is 2.29. The second-order valence-electron chi connectivity index (χ2n) is 4.90. The number of hydrogen-bond donors (Lipinski definition) is 1. The van der Waals surface area contributed by atoms with Gasteiger partial charge >= 0.3 is 0 Å². The zero-order valence-electron chi connectivity index (χ0n) is 10.9. The van der Waals surface area contributed by atoms with Gasteiger partial charge < -0.3 is 15.0 Å². The lowest BCUT2D eigenvalue weighted by Crippen LogP contribution is -2.52. The summed E-state index contributed by atoms with van der Waals surface area (Å²) in [5, 5.41) is 3.17. The van der Waals surface area contributed by atoms with E-state index in [1.165, 1.54) is 0 Å². The number of carbonyl (C=O) groups excluding carboxylic acids is 1. The molecule has 1 N–H and O–H groups in total. The topological polar surface area (TPSA) is 41.6 Å². The summed E-state index contributed by atoms with van der Waals surface area (Å²) >= 11 is 0. The molecule has 1 rings (SSSR count). The molecule has 0 atom stereocenters. The summed E-state index contributed by atoms with van der Waals surface area (Å²) in [4.78, 5) is 13.8. The van der Waals surface area contributed by atoms with Crippen LogP contribution in [0.2, 0.25) is 0 Å². The van der Waals surface area contributed by atoms with E-state index in [0.29, 0.717) is 0 Å². The molecule has 0 saturated carbocycles. The summed E-state index contributed by atoms with van der Waals surface area (Å²) in [6.07, 6.45) is 1.84. The van der Waals surface area contributed by atoms with Crippen LogP contribution in [0, 0.1) is 5.92 Å². The van der Waals surface area contributed by atoms with Crippen LogP contribution in [0.15, 0.2) is 0 Å². The summed E-state index contributed by atoms with van der Waals surface area (Å²) in [6.45, 7) is 6.38. The molecule has 16 heavy (non-hydrogen) atoms. The Balaban J connectivity index is 2.52. The lowest BCUT2D eigenvalue weighted by atomic mass is 9.90. The summed E-state index contributed by atoms with van der Waals surface area (Å²) in [5.74, 6) is 0.355. The van der Waals surface area contributed by atoms with Crippen LogP contribution in [-0.2, 0) is 9.53 Å². The highest BCUT2D eigenvalue weighted by Gasteiger charge is 2.35. The van der Waals surface area contributed by atoms with Crippen LogP contribution in [0.1, 0.15) is 26.7 Å². The molecule has 0 aliphatic carbocycles. The van der Waals surface area contributed by atoms with Gasteiger partial charge in [0.2, 0.25) is 5.91 Å². The Morgan fingerprint density at radius 1 is 1.44 bits per heavy atom. The van der Waals surface area contributed by atoms with Crippen molar-refractivity contribution in [3.05, 3.63) is 0 Å². The van der Waals surface area contributed by atoms with Gasteiger partial charge in [-0.2, -0.15) is 0 Å². The van der Waals surface area contributed by atoms with Gasteiger partial charge in [0.05, 0.1) is 5.60 Å². The summed E-state index contributed by atoms with van der Waals surface area (Å²) in [6, 6.07) is 0. The number of rotatable bonds is 4. The number of hydrogen-bond acceptors (Lipinski definition) is 3. The number of nitrogens with zero attached hydrogens (tertiary/aromatic N) is 1. The van der Waals surface area contributed by atoms with E-state index in [0.717, 1.165) is 32.5 Å². The van der Waals surface area contributed by atoms with E-state index in [4.69, 9.17) is 4.74 Å². The highest BCUT2D eigenvalue weighted by atomic mass is 16.5. The molecular weight excluding hydrogens is 204 g/mol. The molecule has 0 bridgehead atoms. The first-order valence-electron chi connectivity index (χ1n) is 6.03. The maximum Gasteiger partial charge on any atom is 0.225 e. The normalized spacial score (nSPS) is 20.2. The van der Waals surface area contributed by atoms with Gasteiger partial charge in [-0.3, -0.25) is 4.79 Å². The molecule has 1 fully saturated rings. The third kappa shape index (κ3) is 2.95. The maximum absolute atomic E-state index is 11.8. The zero-order chi connectivity index (χ0) is 12.2. The molecule has 0 radical (unpaired) electrons. The second-order valence-corrected chi connectivity index (χ2v) is 4.90. The number of likely N-dealkylation sites (N-methyl/N-ethyl adjacent to an activating group) is 1. The van der Waals surface area contributed by atoms with Crippen LogP contribution in [0.4, 0.5) is 0 Å². The van der Waals surface area contributed by atoms with Gasteiger partial charge in [0.15, 0.2) is 0 Å². The third-order valence-corrected chi connectivity index (χ3v) is 3.41. The molecule has 0 spiro atoms. The lowest BCUT2D eigenvalue weighted by molar-refractivity contribution is -0.139. The van der Waals surface area contributed by atoms with Crippen molar-refractivity contribution >= 4 is 5.91 Å². The summed E-state index contributed by atoms with van der Waals surface area (Å²) in [7, 11) is 3.70. The van der Waals surface area contributed by atoms with Gasteiger partial charge in [0.1, 0.15) is 0 Å². The van der Waals surface area contributed by atoms with Crippen molar-refractivity contribution in [2.75, 3.05) is 33.8 Å². The monoisotopic (exact) mass is 228 g/mol. The Labute approximate surface area is 98.3 Å². The Morgan fingerprint density at radius 3 is 2.38 bits per heavy atom. The fraction of sp³-hybridized carbons (Fsp3) is 0.917. The zero-order valence-corrected chi connectivity index (χ0v) is 10.9. The molecule has 1 amide bonds. The second kappa shape index (κ2) is 5.64. The van der Waals surface area contributed by atoms with Crippen LogP contribution in [0.3, 0.4) is 0 Å². The Morgan fingerprint density at radius 2 is 2.00 bits per heavy atom. The minimum absolute atomic E-state index is 0.0808. The van der Waals surface area contributed by atoms with Gasteiger partial charge in [-0.1, -0.05) is 13.8 Å². The minimum Gasteiger partial charge on any atom is -0.377 e. The van der Waals surface area contributed by atoms with E-state index in [2.05, 4.69) is 5.32 Å².